The van der Waals surface area contributed by atoms with Crippen LogP contribution in [0.2, 0.25) is 0 Å². The number of rotatable bonds is 4. The molecule has 0 bridgehead atoms. The first kappa shape index (κ1) is 14.3. The van der Waals surface area contributed by atoms with Gasteiger partial charge in [-0.1, -0.05) is 6.07 Å². The smallest absolute Gasteiger partial charge is 0.335 e. The number of carbonyl (C=O) groups excluding carboxylic acids is 1. The van der Waals surface area contributed by atoms with Crippen LogP contribution < -0.4 is 10.6 Å². The first-order valence-electron chi connectivity index (χ1n) is 6.54. The summed E-state index contributed by atoms with van der Waals surface area (Å²) in [5.41, 5.74) is 0.591. The van der Waals surface area contributed by atoms with E-state index in [0.717, 1.165) is 19.3 Å². The predicted octanol–water partition coefficient (Wildman–Crippen LogP) is 2.07. The zero-order valence-corrected chi connectivity index (χ0v) is 11.3. The minimum absolute atomic E-state index is 0.00246. The molecule has 2 rings (SSSR count). The van der Waals surface area contributed by atoms with E-state index in [1.807, 2.05) is 0 Å². The molecule has 0 heterocycles. The summed E-state index contributed by atoms with van der Waals surface area (Å²) < 4.78 is 5.31. The molecule has 1 aromatic carbocycles. The van der Waals surface area contributed by atoms with E-state index in [-0.39, 0.29) is 23.7 Å². The predicted molar refractivity (Wildman–Crippen MR) is 74.0 cm³/mol. The van der Waals surface area contributed by atoms with Gasteiger partial charge in [0, 0.05) is 12.8 Å². The normalized spacial score (nSPS) is 21.4. The number of aromatic carboxylic acids is 1. The third-order valence-corrected chi connectivity index (χ3v) is 3.44. The van der Waals surface area contributed by atoms with Crippen LogP contribution in [0.15, 0.2) is 24.3 Å². The number of ether oxygens (including phenoxy) is 1. The zero-order chi connectivity index (χ0) is 14.5. The van der Waals surface area contributed by atoms with Crippen molar-refractivity contribution in [2.75, 3.05) is 12.4 Å². The minimum atomic E-state index is -1.02. The summed E-state index contributed by atoms with van der Waals surface area (Å²) in [4.78, 5) is 22.7. The van der Waals surface area contributed by atoms with Crippen LogP contribution in [0.3, 0.4) is 0 Å². The Labute approximate surface area is 117 Å². The number of anilines is 1. The summed E-state index contributed by atoms with van der Waals surface area (Å²) in [7, 11) is 1.64. The van der Waals surface area contributed by atoms with Gasteiger partial charge in [-0.15, -0.1) is 0 Å². The lowest BCUT2D eigenvalue weighted by molar-refractivity contribution is 0.0697. The molecule has 0 saturated heterocycles. The Morgan fingerprint density at radius 2 is 2.15 bits per heavy atom. The minimum Gasteiger partial charge on any atom is -0.478 e. The van der Waals surface area contributed by atoms with Gasteiger partial charge in [-0.3, -0.25) is 0 Å². The molecule has 0 radical (unpaired) electrons. The van der Waals surface area contributed by atoms with E-state index in [2.05, 4.69) is 10.6 Å². The van der Waals surface area contributed by atoms with Gasteiger partial charge in [0.1, 0.15) is 0 Å². The van der Waals surface area contributed by atoms with Crippen LogP contribution in [0.1, 0.15) is 29.6 Å². The molecule has 0 spiro atoms. The molecule has 6 nitrogen and oxygen atoms in total. The van der Waals surface area contributed by atoms with Crippen molar-refractivity contribution in [1.29, 1.82) is 0 Å². The van der Waals surface area contributed by atoms with Crippen LogP contribution in [0, 0.1) is 0 Å². The van der Waals surface area contributed by atoms with E-state index in [1.54, 1.807) is 19.2 Å². The molecule has 1 aromatic rings. The first-order chi connectivity index (χ1) is 9.60. The fraction of sp³-hybridized carbons (Fsp3) is 0.429. The van der Waals surface area contributed by atoms with E-state index >= 15 is 0 Å². The van der Waals surface area contributed by atoms with Crippen molar-refractivity contribution in [2.24, 2.45) is 0 Å². The monoisotopic (exact) mass is 278 g/mol. The number of urea groups is 1. The quantitative estimate of drug-likeness (QED) is 0.786. The zero-order valence-electron chi connectivity index (χ0n) is 11.3. The number of carboxylic acids is 1. The molecular weight excluding hydrogens is 260 g/mol. The largest absolute Gasteiger partial charge is 0.478 e. The van der Waals surface area contributed by atoms with Crippen molar-refractivity contribution < 1.29 is 19.4 Å². The topological polar surface area (TPSA) is 87.7 Å². The molecule has 1 aliphatic rings. The summed E-state index contributed by atoms with van der Waals surface area (Å²) in [6, 6.07) is 5.79. The Hall–Kier alpha value is -2.08. The maximum Gasteiger partial charge on any atom is 0.335 e. The second kappa shape index (κ2) is 6.38. The van der Waals surface area contributed by atoms with Gasteiger partial charge in [0.25, 0.3) is 0 Å². The average Bonchev–Trinajstić information content (AvgIpc) is 2.86. The van der Waals surface area contributed by atoms with Crippen molar-refractivity contribution >= 4 is 17.7 Å². The van der Waals surface area contributed by atoms with Crippen LogP contribution in [0.25, 0.3) is 0 Å². The summed E-state index contributed by atoms with van der Waals surface area (Å²) in [6.45, 7) is 0. The second-order valence-electron chi connectivity index (χ2n) is 4.80. The van der Waals surface area contributed by atoms with Crippen LogP contribution >= 0.6 is 0 Å². The molecule has 6 heteroatoms. The molecular formula is C14H18N2O4. The highest BCUT2D eigenvalue weighted by Gasteiger charge is 2.28. The SMILES string of the molecule is COC1CCCC1NC(=O)Nc1cccc(C(=O)O)c1. The van der Waals surface area contributed by atoms with Crippen molar-refractivity contribution in [3.8, 4) is 0 Å². The standard InChI is InChI=1S/C14H18N2O4/c1-20-12-7-3-6-11(12)16-14(19)15-10-5-2-4-9(8-10)13(17)18/h2,4-5,8,11-12H,3,6-7H2,1H3,(H,17,18)(H2,15,16,19). The number of nitrogens with one attached hydrogen (secondary N) is 2. The van der Waals surface area contributed by atoms with Gasteiger partial charge >= 0.3 is 12.0 Å². The molecule has 0 aliphatic heterocycles. The fourth-order valence-corrected chi connectivity index (χ4v) is 2.44. The third kappa shape index (κ3) is 3.48. The van der Waals surface area contributed by atoms with Crippen molar-refractivity contribution in [3.05, 3.63) is 29.8 Å². The van der Waals surface area contributed by atoms with Gasteiger partial charge in [-0.05, 0) is 37.5 Å². The third-order valence-electron chi connectivity index (χ3n) is 3.44. The van der Waals surface area contributed by atoms with E-state index in [9.17, 15) is 9.59 Å². The number of hydrogen-bond acceptors (Lipinski definition) is 3. The molecule has 1 fully saturated rings. The fourth-order valence-electron chi connectivity index (χ4n) is 2.44. The van der Waals surface area contributed by atoms with Gasteiger partial charge in [0.2, 0.25) is 0 Å². The summed E-state index contributed by atoms with van der Waals surface area (Å²) >= 11 is 0. The highest BCUT2D eigenvalue weighted by molar-refractivity contribution is 5.93. The highest BCUT2D eigenvalue weighted by atomic mass is 16.5. The van der Waals surface area contributed by atoms with Gasteiger partial charge in [0.15, 0.2) is 0 Å². The van der Waals surface area contributed by atoms with Crippen LogP contribution in [-0.4, -0.2) is 36.4 Å². The van der Waals surface area contributed by atoms with E-state index in [1.165, 1.54) is 12.1 Å². The maximum absolute atomic E-state index is 11.9. The number of amides is 2. The molecule has 1 saturated carbocycles. The van der Waals surface area contributed by atoms with E-state index < -0.39 is 5.97 Å². The lowest BCUT2D eigenvalue weighted by Crippen LogP contribution is -2.42. The number of methoxy groups -OCH3 is 1. The highest BCUT2D eigenvalue weighted by Crippen LogP contribution is 2.21. The van der Waals surface area contributed by atoms with Gasteiger partial charge in [-0.25, -0.2) is 9.59 Å². The maximum atomic E-state index is 11.9. The van der Waals surface area contributed by atoms with E-state index in [4.69, 9.17) is 9.84 Å². The molecule has 2 amide bonds. The Balaban J connectivity index is 1.94. The lowest BCUT2D eigenvalue weighted by Gasteiger charge is -2.19. The van der Waals surface area contributed by atoms with E-state index in [0.29, 0.717) is 5.69 Å². The molecule has 1 aliphatic carbocycles. The Morgan fingerprint density at radius 3 is 2.85 bits per heavy atom. The summed E-state index contributed by atoms with van der Waals surface area (Å²) in [5.74, 6) is -1.02. The number of hydrogen-bond donors (Lipinski definition) is 3. The van der Waals surface area contributed by atoms with Crippen molar-refractivity contribution in [2.45, 2.75) is 31.4 Å². The van der Waals surface area contributed by atoms with Crippen LogP contribution in [0.4, 0.5) is 10.5 Å². The Morgan fingerprint density at radius 1 is 1.35 bits per heavy atom. The summed E-state index contributed by atoms with van der Waals surface area (Å²) in [6.07, 6.45) is 2.90. The average molecular weight is 278 g/mol. The molecule has 3 N–H and O–H groups in total. The van der Waals surface area contributed by atoms with Gasteiger partial charge in [0.05, 0.1) is 17.7 Å². The molecule has 2 atom stereocenters. The molecule has 20 heavy (non-hydrogen) atoms. The number of carboxylic acid groups (broad SMARTS) is 1. The van der Waals surface area contributed by atoms with Crippen molar-refractivity contribution in [3.63, 3.8) is 0 Å². The molecule has 108 valence electrons. The van der Waals surface area contributed by atoms with Gasteiger partial charge in [-0.2, -0.15) is 0 Å². The first-order valence-corrected chi connectivity index (χ1v) is 6.54. The number of benzene rings is 1. The van der Waals surface area contributed by atoms with Crippen molar-refractivity contribution in [1.82, 2.24) is 5.32 Å². The number of carbonyl (C=O) groups is 2. The van der Waals surface area contributed by atoms with Crippen LogP contribution in [-0.2, 0) is 4.74 Å². The Kier molecular flexibility index (Phi) is 4.57. The second-order valence-corrected chi connectivity index (χ2v) is 4.80. The molecule has 2 unspecified atom stereocenters. The lowest BCUT2D eigenvalue weighted by atomic mass is 10.2. The summed E-state index contributed by atoms with van der Waals surface area (Å²) in [5, 5.41) is 14.4. The van der Waals surface area contributed by atoms with Gasteiger partial charge < -0.3 is 20.5 Å². The molecule has 0 aromatic heterocycles. The Bertz CT molecular complexity index is 504. The van der Waals surface area contributed by atoms with Crippen LogP contribution in [0.5, 0.6) is 0 Å².